The summed E-state index contributed by atoms with van der Waals surface area (Å²) in [5, 5.41) is 2.81. The monoisotopic (exact) mass is 284 g/mol. The highest BCUT2D eigenvalue weighted by Gasteiger charge is 2.33. The molecule has 1 unspecified atom stereocenters. The predicted octanol–water partition coefficient (Wildman–Crippen LogP) is 1.56. The van der Waals surface area contributed by atoms with Gasteiger partial charge in [0.2, 0.25) is 11.8 Å². The van der Waals surface area contributed by atoms with E-state index >= 15 is 0 Å². The van der Waals surface area contributed by atoms with Crippen LogP contribution >= 0.6 is 0 Å². The van der Waals surface area contributed by atoms with E-state index in [1.165, 1.54) is 0 Å². The second-order valence-electron chi connectivity index (χ2n) is 7.22. The van der Waals surface area contributed by atoms with E-state index in [2.05, 4.69) is 5.32 Å². The van der Waals surface area contributed by atoms with E-state index in [-0.39, 0.29) is 23.5 Å². The van der Waals surface area contributed by atoms with E-state index in [1.54, 1.807) is 0 Å². The molecule has 0 bridgehead atoms. The van der Waals surface area contributed by atoms with Crippen LogP contribution < -0.4 is 5.32 Å². The number of ether oxygens (including phenoxy) is 1. The van der Waals surface area contributed by atoms with Gasteiger partial charge >= 0.3 is 0 Å². The number of carbonyl (C=O) groups is 2. The van der Waals surface area contributed by atoms with Gasteiger partial charge in [0, 0.05) is 31.5 Å². The Labute approximate surface area is 122 Å². The summed E-state index contributed by atoms with van der Waals surface area (Å²) >= 11 is 0. The minimum Gasteiger partial charge on any atom is -0.369 e. The van der Waals surface area contributed by atoms with Crippen LogP contribution in [-0.2, 0) is 14.3 Å². The largest absolute Gasteiger partial charge is 0.369 e. The molecule has 1 fully saturated rings. The third kappa shape index (κ3) is 5.12. The molecule has 0 aromatic carbocycles. The quantitative estimate of drug-likeness (QED) is 0.855. The highest BCUT2D eigenvalue weighted by Crippen LogP contribution is 2.21. The summed E-state index contributed by atoms with van der Waals surface area (Å²) in [6.07, 6.45) is 0.386. The molecule has 0 saturated carbocycles. The highest BCUT2D eigenvalue weighted by molar-refractivity contribution is 5.82. The third-order valence-electron chi connectivity index (χ3n) is 3.23. The van der Waals surface area contributed by atoms with Crippen LogP contribution in [0, 0.1) is 5.41 Å². The van der Waals surface area contributed by atoms with Crippen LogP contribution in [0.1, 0.15) is 48.0 Å². The lowest BCUT2D eigenvalue weighted by molar-refractivity contribution is -0.158. The number of hydrogen-bond donors (Lipinski definition) is 1. The van der Waals surface area contributed by atoms with Crippen molar-refractivity contribution in [1.82, 2.24) is 10.2 Å². The molecule has 0 spiro atoms. The van der Waals surface area contributed by atoms with Gasteiger partial charge in [-0.05, 0) is 20.8 Å². The minimum atomic E-state index is -0.418. The molecular formula is C15H28N2O3. The fourth-order valence-corrected chi connectivity index (χ4v) is 2.35. The molecule has 0 aromatic rings. The molecule has 0 aromatic heterocycles. The van der Waals surface area contributed by atoms with Crippen LogP contribution in [0.4, 0.5) is 0 Å². The number of morpholine rings is 1. The second-order valence-corrected chi connectivity index (χ2v) is 7.22. The average molecular weight is 284 g/mol. The van der Waals surface area contributed by atoms with Crippen LogP contribution in [0.25, 0.3) is 0 Å². The van der Waals surface area contributed by atoms with Crippen molar-refractivity contribution >= 4 is 11.8 Å². The fraction of sp³-hybridized carbons (Fsp3) is 0.867. The van der Waals surface area contributed by atoms with Crippen LogP contribution in [0.15, 0.2) is 0 Å². The van der Waals surface area contributed by atoms with E-state index < -0.39 is 5.41 Å². The molecule has 1 atom stereocenters. The Hall–Kier alpha value is -1.10. The molecule has 1 N–H and O–H groups in total. The van der Waals surface area contributed by atoms with Gasteiger partial charge in [-0.15, -0.1) is 0 Å². The first-order valence-electron chi connectivity index (χ1n) is 7.25. The van der Waals surface area contributed by atoms with Gasteiger partial charge in [0.05, 0.1) is 11.7 Å². The molecule has 2 amide bonds. The van der Waals surface area contributed by atoms with E-state index in [9.17, 15) is 9.59 Å². The van der Waals surface area contributed by atoms with E-state index in [4.69, 9.17) is 4.74 Å². The summed E-state index contributed by atoms with van der Waals surface area (Å²) in [6.45, 7) is 13.1. The van der Waals surface area contributed by atoms with Crippen LogP contribution in [0.5, 0.6) is 0 Å². The molecule has 1 aliphatic rings. The molecular weight excluding hydrogens is 256 g/mol. The van der Waals surface area contributed by atoms with Crippen molar-refractivity contribution < 1.29 is 14.3 Å². The van der Waals surface area contributed by atoms with Crippen molar-refractivity contribution in [1.29, 1.82) is 0 Å². The zero-order valence-electron chi connectivity index (χ0n) is 13.6. The standard InChI is InChI=1S/C15H28N2O3/c1-11-9-17(10-15(5,6)20-11)12(18)7-8-16-13(19)14(2,3)4/h11H,7-10H2,1-6H3,(H,16,19). The van der Waals surface area contributed by atoms with Crippen molar-refractivity contribution in [3.8, 4) is 0 Å². The van der Waals surface area contributed by atoms with Gasteiger partial charge in [-0.1, -0.05) is 20.8 Å². The van der Waals surface area contributed by atoms with Crippen LogP contribution in [0.3, 0.4) is 0 Å². The number of nitrogens with zero attached hydrogens (tertiary/aromatic N) is 1. The highest BCUT2D eigenvalue weighted by atomic mass is 16.5. The fourth-order valence-electron chi connectivity index (χ4n) is 2.35. The summed E-state index contributed by atoms with van der Waals surface area (Å²) in [6, 6.07) is 0. The molecule has 1 aliphatic heterocycles. The molecule has 0 aliphatic carbocycles. The van der Waals surface area contributed by atoms with Gasteiger partial charge in [-0.25, -0.2) is 0 Å². The lowest BCUT2D eigenvalue weighted by Crippen LogP contribution is -2.54. The normalized spacial score (nSPS) is 22.5. The van der Waals surface area contributed by atoms with Gasteiger partial charge in [0.1, 0.15) is 0 Å². The molecule has 5 heteroatoms. The third-order valence-corrected chi connectivity index (χ3v) is 3.23. The molecule has 20 heavy (non-hydrogen) atoms. The molecule has 1 rings (SSSR count). The van der Waals surface area contributed by atoms with Crippen molar-refractivity contribution in [3.63, 3.8) is 0 Å². The van der Waals surface area contributed by atoms with Gasteiger partial charge in [-0.2, -0.15) is 0 Å². The smallest absolute Gasteiger partial charge is 0.225 e. The lowest BCUT2D eigenvalue weighted by Gasteiger charge is -2.41. The Bertz CT molecular complexity index is 372. The van der Waals surface area contributed by atoms with E-state index in [0.29, 0.717) is 26.1 Å². The second kappa shape index (κ2) is 6.12. The predicted molar refractivity (Wildman–Crippen MR) is 78.3 cm³/mol. The lowest BCUT2D eigenvalue weighted by atomic mass is 9.96. The van der Waals surface area contributed by atoms with Crippen LogP contribution in [-0.4, -0.2) is 48.1 Å². The molecule has 0 radical (unpaired) electrons. The Kier molecular flexibility index (Phi) is 5.19. The summed E-state index contributed by atoms with van der Waals surface area (Å²) < 4.78 is 5.78. The first-order chi connectivity index (χ1) is 9.01. The summed E-state index contributed by atoms with van der Waals surface area (Å²) in [7, 11) is 0. The maximum Gasteiger partial charge on any atom is 0.225 e. The van der Waals surface area contributed by atoms with Crippen molar-refractivity contribution in [2.75, 3.05) is 19.6 Å². The number of hydrogen-bond acceptors (Lipinski definition) is 3. The Morgan fingerprint density at radius 1 is 1.35 bits per heavy atom. The van der Waals surface area contributed by atoms with Gasteiger partial charge in [0.25, 0.3) is 0 Å². The summed E-state index contributed by atoms with van der Waals surface area (Å²) in [5.74, 6) is 0.0448. The van der Waals surface area contributed by atoms with Crippen molar-refractivity contribution in [2.45, 2.75) is 59.7 Å². The molecule has 5 nitrogen and oxygen atoms in total. The first-order valence-corrected chi connectivity index (χ1v) is 7.25. The van der Waals surface area contributed by atoms with E-state index in [1.807, 2.05) is 46.4 Å². The van der Waals surface area contributed by atoms with Crippen LogP contribution in [0.2, 0.25) is 0 Å². The molecule has 1 heterocycles. The maximum absolute atomic E-state index is 12.2. The zero-order valence-corrected chi connectivity index (χ0v) is 13.6. The molecule has 116 valence electrons. The number of nitrogens with one attached hydrogen (secondary N) is 1. The average Bonchev–Trinajstić information content (AvgIpc) is 2.24. The minimum absolute atomic E-state index is 0.0269. The summed E-state index contributed by atoms with van der Waals surface area (Å²) in [5.41, 5.74) is -0.722. The topological polar surface area (TPSA) is 58.6 Å². The zero-order chi connectivity index (χ0) is 15.6. The molecule has 1 saturated heterocycles. The van der Waals surface area contributed by atoms with Crippen molar-refractivity contribution in [3.05, 3.63) is 0 Å². The van der Waals surface area contributed by atoms with Gasteiger partial charge in [0.15, 0.2) is 0 Å². The number of amides is 2. The Morgan fingerprint density at radius 3 is 2.45 bits per heavy atom. The number of rotatable bonds is 3. The Morgan fingerprint density at radius 2 is 1.95 bits per heavy atom. The van der Waals surface area contributed by atoms with E-state index in [0.717, 1.165) is 0 Å². The SMILES string of the molecule is CC1CN(C(=O)CCNC(=O)C(C)(C)C)CC(C)(C)O1. The first kappa shape index (κ1) is 17.0. The van der Waals surface area contributed by atoms with Gasteiger partial charge in [-0.3, -0.25) is 9.59 Å². The summed E-state index contributed by atoms with van der Waals surface area (Å²) in [4.78, 5) is 25.7. The van der Waals surface area contributed by atoms with Crippen molar-refractivity contribution in [2.24, 2.45) is 5.41 Å². The van der Waals surface area contributed by atoms with Gasteiger partial charge < -0.3 is 15.0 Å². The Balaban J connectivity index is 2.42. The maximum atomic E-state index is 12.2. The number of carbonyl (C=O) groups excluding carboxylic acids is 2.